The van der Waals surface area contributed by atoms with E-state index in [1.165, 1.54) is 14.0 Å². The van der Waals surface area contributed by atoms with Gasteiger partial charge in [0, 0.05) is 20.0 Å². The van der Waals surface area contributed by atoms with Gasteiger partial charge in [-0.3, -0.25) is 14.6 Å². The lowest BCUT2D eigenvalue weighted by molar-refractivity contribution is -0.144. The molecule has 6 nitrogen and oxygen atoms in total. The van der Waals surface area contributed by atoms with Gasteiger partial charge in [0.1, 0.15) is 5.69 Å². The summed E-state index contributed by atoms with van der Waals surface area (Å²) in [7, 11) is 1.37. The molecule has 1 atom stereocenters. The van der Waals surface area contributed by atoms with Crippen LogP contribution < -0.4 is 4.90 Å². The third-order valence-corrected chi connectivity index (χ3v) is 3.23. The summed E-state index contributed by atoms with van der Waals surface area (Å²) in [5.74, 6) is -0.330. The first-order chi connectivity index (χ1) is 9.60. The standard InChI is InChI=1S/C14H18N2O4/c1-10(17)13-4-3-11(8-15-13)16-5-6-20-12(9-16)7-14(18)19-2/h3-4,8,12H,5-7,9H2,1-2H3. The molecule has 0 amide bonds. The number of ketones is 1. The molecule has 0 bridgehead atoms. The Kier molecular flexibility index (Phi) is 4.68. The molecule has 0 radical (unpaired) electrons. The number of carbonyl (C=O) groups excluding carboxylic acids is 2. The van der Waals surface area contributed by atoms with Gasteiger partial charge in [-0.25, -0.2) is 0 Å². The van der Waals surface area contributed by atoms with Crippen LogP contribution in [0.2, 0.25) is 0 Å². The van der Waals surface area contributed by atoms with Gasteiger partial charge >= 0.3 is 5.97 Å². The molecular weight excluding hydrogens is 260 g/mol. The molecule has 0 saturated carbocycles. The quantitative estimate of drug-likeness (QED) is 0.606. The van der Waals surface area contributed by atoms with Gasteiger partial charge in [0.15, 0.2) is 5.78 Å². The van der Waals surface area contributed by atoms with Crippen LogP contribution in [0.4, 0.5) is 5.69 Å². The fraction of sp³-hybridized carbons (Fsp3) is 0.500. The second-order valence-corrected chi connectivity index (χ2v) is 4.68. The summed E-state index contributed by atoms with van der Waals surface area (Å²) < 4.78 is 10.2. The molecule has 1 aromatic heterocycles. The Bertz CT molecular complexity index is 486. The number of morpholine rings is 1. The predicted octanol–water partition coefficient (Wildman–Crippen LogP) is 1.05. The molecule has 0 aliphatic carbocycles. The van der Waals surface area contributed by atoms with Crippen LogP contribution in [-0.4, -0.2) is 49.6 Å². The molecule has 20 heavy (non-hydrogen) atoms. The van der Waals surface area contributed by atoms with E-state index in [2.05, 4.69) is 14.6 Å². The van der Waals surface area contributed by atoms with E-state index in [0.717, 1.165) is 12.2 Å². The van der Waals surface area contributed by atoms with Crippen molar-refractivity contribution in [3.63, 3.8) is 0 Å². The average Bonchev–Trinajstić information content (AvgIpc) is 2.47. The minimum atomic E-state index is -0.276. The molecule has 0 aromatic carbocycles. The lowest BCUT2D eigenvalue weighted by atomic mass is 10.2. The Labute approximate surface area is 117 Å². The first-order valence-electron chi connectivity index (χ1n) is 6.50. The van der Waals surface area contributed by atoms with Crippen LogP contribution >= 0.6 is 0 Å². The summed E-state index contributed by atoms with van der Waals surface area (Å²) in [6.07, 6.45) is 1.74. The fourth-order valence-corrected chi connectivity index (χ4v) is 2.13. The van der Waals surface area contributed by atoms with Gasteiger partial charge in [-0.2, -0.15) is 0 Å². The van der Waals surface area contributed by atoms with Crippen LogP contribution in [-0.2, 0) is 14.3 Å². The zero-order valence-electron chi connectivity index (χ0n) is 11.7. The van der Waals surface area contributed by atoms with Gasteiger partial charge in [0.25, 0.3) is 0 Å². The van der Waals surface area contributed by atoms with Crippen molar-refractivity contribution in [3.05, 3.63) is 24.0 Å². The average molecular weight is 278 g/mol. The number of methoxy groups -OCH3 is 1. The van der Waals surface area contributed by atoms with E-state index >= 15 is 0 Å². The maximum atomic E-state index is 11.3. The molecule has 1 saturated heterocycles. The summed E-state index contributed by atoms with van der Waals surface area (Å²) in [6, 6.07) is 3.58. The van der Waals surface area contributed by atoms with Crippen molar-refractivity contribution in [2.45, 2.75) is 19.4 Å². The number of rotatable bonds is 4. The fourth-order valence-electron chi connectivity index (χ4n) is 2.13. The van der Waals surface area contributed by atoms with Crippen molar-refractivity contribution in [2.24, 2.45) is 0 Å². The summed E-state index contributed by atoms with van der Waals surface area (Å²) >= 11 is 0. The molecule has 6 heteroatoms. The maximum Gasteiger partial charge on any atom is 0.308 e. The lowest BCUT2D eigenvalue weighted by Crippen LogP contribution is -2.43. The van der Waals surface area contributed by atoms with Crippen LogP contribution in [0, 0.1) is 0 Å². The molecule has 1 aliphatic heterocycles. The van der Waals surface area contributed by atoms with Crippen LogP contribution in [0.15, 0.2) is 18.3 Å². The first-order valence-corrected chi connectivity index (χ1v) is 6.50. The third-order valence-electron chi connectivity index (χ3n) is 3.23. The van der Waals surface area contributed by atoms with Gasteiger partial charge in [-0.15, -0.1) is 0 Å². The molecular formula is C14H18N2O4. The zero-order chi connectivity index (χ0) is 14.5. The van der Waals surface area contributed by atoms with E-state index in [1.807, 2.05) is 6.07 Å². The van der Waals surface area contributed by atoms with Crippen molar-refractivity contribution in [1.82, 2.24) is 4.98 Å². The molecule has 0 N–H and O–H groups in total. The zero-order valence-corrected chi connectivity index (χ0v) is 11.7. The number of carbonyl (C=O) groups is 2. The summed E-state index contributed by atoms with van der Waals surface area (Å²) in [4.78, 5) is 28.7. The van der Waals surface area contributed by atoms with Crippen LogP contribution in [0.5, 0.6) is 0 Å². The van der Waals surface area contributed by atoms with E-state index in [-0.39, 0.29) is 24.3 Å². The van der Waals surface area contributed by atoms with E-state index in [0.29, 0.717) is 18.8 Å². The molecule has 1 aliphatic rings. The Hall–Kier alpha value is -1.95. The second-order valence-electron chi connectivity index (χ2n) is 4.68. The second kappa shape index (κ2) is 6.47. The molecule has 2 heterocycles. The Balaban J connectivity index is 2.01. The van der Waals surface area contributed by atoms with Gasteiger partial charge in [-0.05, 0) is 12.1 Å². The highest BCUT2D eigenvalue weighted by molar-refractivity contribution is 5.92. The third kappa shape index (κ3) is 3.54. The van der Waals surface area contributed by atoms with Crippen LogP contribution in [0.25, 0.3) is 0 Å². The Morgan fingerprint density at radius 3 is 2.90 bits per heavy atom. The minimum Gasteiger partial charge on any atom is -0.469 e. The number of hydrogen-bond acceptors (Lipinski definition) is 6. The summed E-state index contributed by atoms with van der Waals surface area (Å²) in [5.41, 5.74) is 1.38. The molecule has 108 valence electrons. The number of ether oxygens (including phenoxy) is 2. The number of esters is 1. The summed E-state index contributed by atoms with van der Waals surface area (Å²) in [6.45, 7) is 3.38. The van der Waals surface area contributed by atoms with Crippen molar-refractivity contribution in [2.75, 3.05) is 31.7 Å². The highest BCUT2D eigenvalue weighted by atomic mass is 16.5. The monoisotopic (exact) mass is 278 g/mol. The molecule has 2 rings (SSSR count). The normalized spacial score (nSPS) is 18.7. The topological polar surface area (TPSA) is 68.7 Å². The highest BCUT2D eigenvalue weighted by Crippen LogP contribution is 2.18. The number of aromatic nitrogens is 1. The number of Topliss-reactive ketones (excluding diaryl/α,β-unsaturated/α-hetero) is 1. The van der Waals surface area contributed by atoms with Crippen molar-refractivity contribution >= 4 is 17.4 Å². The van der Waals surface area contributed by atoms with Gasteiger partial charge in [0.05, 0.1) is 38.1 Å². The molecule has 1 aromatic rings. The lowest BCUT2D eigenvalue weighted by Gasteiger charge is -2.33. The van der Waals surface area contributed by atoms with Crippen LogP contribution in [0.1, 0.15) is 23.8 Å². The first kappa shape index (κ1) is 14.5. The van der Waals surface area contributed by atoms with E-state index < -0.39 is 0 Å². The maximum absolute atomic E-state index is 11.3. The van der Waals surface area contributed by atoms with Crippen molar-refractivity contribution in [1.29, 1.82) is 0 Å². The minimum absolute atomic E-state index is 0.0536. The van der Waals surface area contributed by atoms with Gasteiger partial charge < -0.3 is 14.4 Å². The van der Waals surface area contributed by atoms with E-state index in [9.17, 15) is 9.59 Å². The Morgan fingerprint density at radius 2 is 2.30 bits per heavy atom. The van der Waals surface area contributed by atoms with Crippen molar-refractivity contribution in [3.8, 4) is 0 Å². The number of anilines is 1. The molecule has 1 unspecified atom stereocenters. The molecule has 0 spiro atoms. The highest BCUT2D eigenvalue weighted by Gasteiger charge is 2.23. The Morgan fingerprint density at radius 1 is 1.50 bits per heavy atom. The number of pyridine rings is 1. The smallest absolute Gasteiger partial charge is 0.308 e. The predicted molar refractivity (Wildman–Crippen MR) is 72.8 cm³/mol. The molecule has 1 fully saturated rings. The number of nitrogens with zero attached hydrogens (tertiary/aromatic N) is 2. The number of hydrogen-bond donors (Lipinski definition) is 0. The largest absolute Gasteiger partial charge is 0.469 e. The van der Waals surface area contributed by atoms with Crippen molar-refractivity contribution < 1.29 is 19.1 Å². The summed E-state index contributed by atoms with van der Waals surface area (Å²) in [5, 5.41) is 0. The SMILES string of the molecule is COC(=O)CC1CN(c2ccc(C(C)=O)nc2)CCO1. The van der Waals surface area contributed by atoms with Crippen LogP contribution in [0.3, 0.4) is 0 Å². The van der Waals surface area contributed by atoms with E-state index in [4.69, 9.17) is 4.74 Å². The van der Waals surface area contributed by atoms with Gasteiger partial charge in [-0.1, -0.05) is 0 Å². The van der Waals surface area contributed by atoms with Gasteiger partial charge in [0.2, 0.25) is 0 Å². The van der Waals surface area contributed by atoms with E-state index in [1.54, 1.807) is 12.3 Å².